The molecule has 0 N–H and O–H groups in total. The lowest BCUT2D eigenvalue weighted by atomic mass is 10.1. The Hall–Kier alpha value is -3.26. The summed E-state index contributed by atoms with van der Waals surface area (Å²) < 4.78 is 47.5. The van der Waals surface area contributed by atoms with E-state index in [0.29, 0.717) is 0 Å². The first-order valence-electron chi connectivity index (χ1n) is 12.0. The van der Waals surface area contributed by atoms with Crippen molar-refractivity contribution in [3.8, 4) is 0 Å². The van der Waals surface area contributed by atoms with Crippen molar-refractivity contribution < 1.29 is 22.7 Å². The Morgan fingerprint density at radius 2 is 0.974 bits per heavy atom. The molecule has 4 rings (SSSR count). The van der Waals surface area contributed by atoms with E-state index < -0.39 is 27.8 Å². The number of Topliss-reactive ketones (excluding diaryl/α,β-unsaturated/α-hetero) is 1. The van der Waals surface area contributed by atoms with Gasteiger partial charge in [0, 0.05) is 11.7 Å². The monoisotopic (exact) mass is 550 g/mol. The normalized spacial score (nSPS) is 12.4. The second-order valence-corrected chi connectivity index (χ2v) is 12.8. The summed E-state index contributed by atoms with van der Waals surface area (Å²) in [5.74, 6) is -1.83. The summed E-state index contributed by atoms with van der Waals surface area (Å²) in [5, 5.41) is 3.87. The quantitative estimate of drug-likeness (QED) is 0.126. The van der Waals surface area contributed by atoms with Gasteiger partial charge in [-0.25, -0.2) is 0 Å². The van der Waals surface area contributed by atoms with Gasteiger partial charge in [0.05, 0.1) is 0 Å². The molecule has 2 nitrogen and oxygen atoms in total. The Labute approximate surface area is 223 Å². The highest BCUT2D eigenvalue weighted by atomic mass is 31.1. The average molecular weight is 550 g/mol. The van der Waals surface area contributed by atoms with E-state index >= 15 is 0 Å². The summed E-state index contributed by atoms with van der Waals surface area (Å²) >= 11 is 0. The highest BCUT2D eigenvalue weighted by molar-refractivity contribution is 7.73. The Morgan fingerprint density at radius 3 is 1.32 bits per heavy atom. The molecule has 4 aromatic carbocycles. The van der Waals surface area contributed by atoms with Crippen LogP contribution in [-0.4, -0.2) is 24.5 Å². The molecule has 0 aliphatic rings. The summed E-state index contributed by atoms with van der Waals surface area (Å²) in [5.41, 5.74) is -0.326. The van der Waals surface area contributed by atoms with Crippen LogP contribution in [0.5, 0.6) is 0 Å². The van der Waals surface area contributed by atoms with Gasteiger partial charge in [-0.05, 0) is 44.0 Å². The lowest BCUT2D eigenvalue weighted by Gasteiger charge is -2.24. The molecule has 0 aliphatic carbocycles. The molecule has 0 spiro atoms. The predicted molar refractivity (Wildman–Crippen MR) is 153 cm³/mol. The van der Waals surface area contributed by atoms with Gasteiger partial charge in [-0.1, -0.05) is 121 Å². The topological polar surface area (TPSA) is 26.3 Å². The van der Waals surface area contributed by atoms with Crippen molar-refractivity contribution in [2.45, 2.75) is 13.1 Å². The maximum absolute atomic E-state index is 13.8. The number of hydrogen-bond acceptors (Lipinski definition) is 2. The van der Waals surface area contributed by atoms with Crippen LogP contribution in [0, 0.1) is 0 Å². The number of ether oxygens (including phenoxy) is 1. The van der Waals surface area contributed by atoms with Crippen LogP contribution in [0.25, 0.3) is 0 Å². The van der Waals surface area contributed by atoms with Crippen LogP contribution in [0.2, 0.25) is 0 Å². The van der Waals surface area contributed by atoms with E-state index in [1.807, 2.05) is 121 Å². The molecule has 194 valence electrons. The number of benzene rings is 4. The summed E-state index contributed by atoms with van der Waals surface area (Å²) in [4.78, 5) is 12.7. The van der Waals surface area contributed by atoms with Crippen LogP contribution in [0.1, 0.15) is 6.92 Å². The van der Waals surface area contributed by atoms with Gasteiger partial charge in [0.25, 0.3) is 5.78 Å². The molecule has 0 atom stereocenters. The molecule has 0 aliphatic heterocycles. The summed E-state index contributed by atoms with van der Waals surface area (Å²) in [6.45, 7) is 1.48. The Kier molecular flexibility index (Phi) is 9.50. The molecule has 0 amide bonds. The Balaban J connectivity index is 1.70. The van der Waals surface area contributed by atoms with Crippen LogP contribution in [0.15, 0.2) is 133 Å². The third-order valence-electron chi connectivity index (χ3n) is 5.95. The van der Waals surface area contributed by atoms with E-state index in [0.717, 1.165) is 21.2 Å². The van der Waals surface area contributed by atoms with Crippen molar-refractivity contribution in [2.24, 2.45) is 0 Å². The lowest BCUT2D eigenvalue weighted by molar-refractivity contribution is -0.166. The number of halogens is 3. The standard InChI is InChI=1S/C31H27F3O2P2/c1-24(36-23-38(27-18-10-4-11-19-27)28-20-12-5-13-21-28)29(30(35)31(32,33)34)22-37(25-14-6-2-7-15-25)26-16-8-3-9-17-26/h2-21H,22-23H2,1H3/b29-24-. The average Bonchev–Trinajstić information content (AvgIpc) is 2.95. The number of rotatable bonds is 10. The van der Waals surface area contributed by atoms with Gasteiger partial charge in [0.1, 0.15) is 12.1 Å². The van der Waals surface area contributed by atoms with Gasteiger partial charge in [0.15, 0.2) is 0 Å². The van der Waals surface area contributed by atoms with Crippen LogP contribution >= 0.6 is 15.8 Å². The number of carbonyl (C=O) groups excluding carboxylic acids is 1. The number of ketones is 1. The molecule has 0 bridgehead atoms. The lowest BCUT2D eigenvalue weighted by Crippen LogP contribution is -2.29. The summed E-state index contributed by atoms with van der Waals surface area (Å²) in [7, 11) is -2.28. The van der Waals surface area contributed by atoms with Crippen molar-refractivity contribution in [2.75, 3.05) is 12.5 Å². The number of hydrogen-bond donors (Lipinski definition) is 0. The molecule has 7 heteroatoms. The minimum absolute atomic E-state index is 0.0195. The van der Waals surface area contributed by atoms with E-state index in [4.69, 9.17) is 4.74 Å². The molecular formula is C31H27F3O2P2. The molecule has 0 unspecified atom stereocenters. The summed E-state index contributed by atoms with van der Waals surface area (Å²) in [6.07, 6.45) is -4.90. The molecule has 0 fully saturated rings. The van der Waals surface area contributed by atoms with E-state index in [1.54, 1.807) is 0 Å². The number of carbonyl (C=O) groups is 1. The fraction of sp³-hybridized carbons (Fsp3) is 0.129. The third-order valence-corrected chi connectivity index (χ3v) is 10.7. The fourth-order valence-corrected chi connectivity index (χ4v) is 8.38. The molecule has 0 saturated carbocycles. The molecule has 0 radical (unpaired) electrons. The molecule has 0 saturated heterocycles. The largest absolute Gasteiger partial charge is 0.493 e. The van der Waals surface area contributed by atoms with Crippen LogP contribution in [0.4, 0.5) is 13.2 Å². The predicted octanol–water partition coefficient (Wildman–Crippen LogP) is 6.63. The summed E-state index contributed by atoms with van der Waals surface area (Å²) in [6, 6.07) is 38.3. The zero-order valence-corrected chi connectivity index (χ0v) is 22.6. The van der Waals surface area contributed by atoms with E-state index in [1.165, 1.54) is 6.92 Å². The van der Waals surface area contributed by atoms with Crippen molar-refractivity contribution in [1.29, 1.82) is 0 Å². The second kappa shape index (κ2) is 13.0. The van der Waals surface area contributed by atoms with E-state index in [9.17, 15) is 18.0 Å². The van der Waals surface area contributed by atoms with Crippen LogP contribution in [0.3, 0.4) is 0 Å². The second-order valence-electron chi connectivity index (χ2n) is 8.49. The highest BCUT2D eigenvalue weighted by Gasteiger charge is 2.42. The molecule has 4 aromatic rings. The Bertz CT molecular complexity index is 1260. The minimum Gasteiger partial charge on any atom is -0.493 e. The first-order chi connectivity index (χ1) is 18.3. The maximum Gasteiger partial charge on any atom is 0.454 e. The van der Waals surface area contributed by atoms with E-state index in [2.05, 4.69) is 0 Å². The fourth-order valence-electron chi connectivity index (χ4n) is 3.98. The van der Waals surface area contributed by atoms with Crippen molar-refractivity contribution in [3.63, 3.8) is 0 Å². The molecule has 0 heterocycles. The van der Waals surface area contributed by atoms with Gasteiger partial charge < -0.3 is 4.74 Å². The minimum atomic E-state index is -5.00. The molecule has 0 aromatic heterocycles. The first kappa shape index (κ1) is 27.8. The van der Waals surface area contributed by atoms with Crippen molar-refractivity contribution in [1.82, 2.24) is 0 Å². The van der Waals surface area contributed by atoms with E-state index in [-0.39, 0.29) is 23.8 Å². The van der Waals surface area contributed by atoms with Crippen LogP contribution in [-0.2, 0) is 9.53 Å². The van der Waals surface area contributed by atoms with Crippen molar-refractivity contribution in [3.05, 3.63) is 133 Å². The Morgan fingerprint density at radius 1 is 0.632 bits per heavy atom. The zero-order chi connectivity index (χ0) is 27.0. The zero-order valence-electron chi connectivity index (χ0n) is 20.8. The third kappa shape index (κ3) is 7.19. The van der Waals surface area contributed by atoms with Gasteiger partial charge in [-0.15, -0.1) is 0 Å². The molecule has 38 heavy (non-hydrogen) atoms. The maximum atomic E-state index is 13.8. The smallest absolute Gasteiger partial charge is 0.454 e. The number of alkyl halides is 3. The first-order valence-corrected chi connectivity index (χ1v) is 15.1. The number of allylic oxidation sites excluding steroid dienone is 2. The van der Waals surface area contributed by atoms with Gasteiger partial charge in [-0.2, -0.15) is 13.2 Å². The van der Waals surface area contributed by atoms with Gasteiger partial charge >= 0.3 is 6.18 Å². The van der Waals surface area contributed by atoms with Gasteiger partial charge in [0.2, 0.25) is 0 Å². The van der Waals surface area contributed by atoms with Crippen molar-refractivity contribution >= 4 is 42.8 Å². The molecular weight excluding hydrogens is 523 g/mol. The highest BCUT2D eigenvalue weighted by Crippen LogP contribution is 2.40. The van der Waals surface area contributed by atoms with Gasteiger partial charge in [-0.3, -0.25) is 4.79 Å². The van der Waals surface area contributed by atoms with Crippen LogP contribution < -0.4 is 21.2 Å². The SMILES string of the molecule is C/C(OCP(c1ccccc1)c1ccccc1)=C(\CP(c1ccccc1)c1ccccc1)C(=O)C(F)(F)F.